The first kappa shape index (κ1) is 18.5. The van der Waals surface area contributed by atoms with Crippen molar-refractivity contribution in [2.45, 2.75) is 32.0 Å². The molecule has 0 fully saturated rings. The number of carbonyl (C=O) groups excluding carboxylic acids is 1. The molecule has 2 heterocycles. The van der Waals surface area contributed by atoms with Crippen LogP contribution in [0.4, 0.5) is 0 Å². The molecule has 142 valence electrons. The van der Waals surface area contributed by atoms with Crippen LogP contribution >= 0.6 is 11.8 Å². The number of carbonyl (C=O) groups is 1. The number of benzene rings is 2. The van der Waals surface area contributed by atoms with Gasteiger partial charge >= 0.3 is 0 Å². The third kappa shape index (κ3) is 3.24. The molecule has 0 aliphatic rings. The third-order valence-corrected chi connectivity index (χ3v) is 5.75. The van der Waals surface area contributed by atoms with Gasteiger partial charge < -0.3 is 4.98 Å². The molecule has 2 aromatic carbocycles. The monoisotopic (exact) mass is 391 g/mol. The van der Waals surface area contributed by atoms with Crippen molar-refractivity contribution in [1.82, 2.24) is 14.5 Å². The summed E-state index contributed by atoms with van der Waals surface area (Å²) < 4.78 is 1.68. The van der Waals surface area contributed by atoms with Crippen LogP contribution in [0.25, 0.3) is 21.8 Å². The first-order chi connectivity index (χ1) is 13.6. The molecular formula is C22H21N3O2S. The highest BCUT2D eigenvalue weighted by atomic mass is 32.2. The maximum atomic E-state index is 13.0. The molecule has 0 bridgehead atoms. The number of fused-ring (bicyclic) bond motifs is 2. The molecule has 0 aliphatic heterocycles. The first-order valence-electron chi connectivity index (χ1n) is 9.33. The van der Waals surface area contributed by atoms with Gasteiger partial charge in [0.15, 0.2) is 10.9 Å². The van der Waals surface area contributed by atoms with Crippen molar-refractivity contribution >= 4 is 39.4 Å². The molecule has 0 saturated carbocycles. The Kier molecular flexibility index (Phi) is 5.05. The number of hydrogen-bond acceptors (Lipinski definition) is 4. The van der Waals surface area contributed by atoms with Crippen molar-refractivity contribution < 1.29 is 4.79 Å². The number of para-hydroxylation sites is 2. The van der Waals surface area contributed by atoms with Crippen LogP contribution in [0.3, 0.4) is 0 Å². The van der Waals surface area contributed by atoms with E-state index in [2.05, 4.69) is 9.97 Å². The van der Waals surface area contributed by atoms with Crippen molar-refractivity contribution in [1.29, 1.82) is 0 Å². The Bertz CT molecular complexity index is 1240. The lowest BCUT2D eigenvalue weighted by molar-refractivity contribution is 0.102. The Morgan fingerprint density at radius 2 is 1.82 bits per heavy atom. The summed E-state index contributed by atoms with van der Waals surface area (Å²) >= 11 is 1.33. The normalized spacial score (nSPS) is 11.4. The van der Waals surface area contributed by atoms with E-state index in [0.29, 0.717) is 28.2 Å². The summed E-state index contributed by atoms with van der Waals surface area (Å²) in [5, 5.41) is 2.14. The van der Waals surface area contributed by atoms with E-state index in [9.17, 15) is 9.59 Å². The van der Waals surface area contributed by atoms with Crippen LogP contribution in [0.1, 0.15) is 29.4 Å². The minimum atomic E-state index is -0.0503. The predicted molar refractivity (Wildman–Crippen MR) is 114 cm³/mol. The summed E-state index contributed by atoms with van der Waals surface area (Å²) in [4.78, 5) is 33.8. The van der Waals surface area contributed by atoms with Gasteiger partial charge in [-0.3, -0.25) is 14.2 Å². The summed E-state index contributed by atoms with van der Waals surface area (Å²) in [5.74, 6) is 0.266. The van der Waals surface area contributed by atoms with E-state index in [1.807, 2.05) is 56.3 Å². The minimum Gasteiger partial charge on any atom is -0.358 e. The van der Waals surface area contributed by atoms with Crippen LogP contribution < -0.4 is 5.56 Å². The number of nitrogens with zero attached hydrogens (tertiary/aromatic N) is 2. The molecule has 0 unspecified atom stereocenters. The maximum absolute atomic E-state index is 13.0. The Morgan fingerprint density at radius 3 is 2.61 bits per heavy atom. The highest BCUT2D eigenvalue weighted by Crippen LogP contribution is 2.25. The predicted octanol–water partition coefficient (Wildman–Crippen LogP) is 4.57. The lowest BCUT2D eigenvalue weighted by Gasteiger charge is -2.12. The first-order valence-corrected chi connectivity index (χ1v) is 10.3. The lowest BCUT2D eigenvalue weighted by Crippen LogP contribution is -2.23. The Labute approximate surface area is 166 Å². The molecule has 28 heavy (non-hydrogen) atoms. The van der Waals surface area contributed by atoms with Crippen molar-refractivity contribution in [2.24, 2.45) is 0 Å². The summed E-state index contributed by atoms with van der Waals surface area (Å²) in [6.07, 6.45) is 0.822. The third-order valence-electron chi connectivity index (χ3n) is 4.78. The fraction of sp³-hybridized carbons (Fsp3) is 0.227. The van der Waals surface area contributed by atoms with Crippen LogP contribution in [-0.4, -0.2) is 26.1 Å². The van der Waals surface area contributed by atoms with E-state index >= 15 is 0 Å². The Morgan fingerprint density at radius 1 is 1.11 bits per heavy atom. The number of hydrogen-bond donors (Lipinski definition) is 1. The molecule has 2 aromatic heterocycles. The maximum Gasteiger partial charge on any atom is 0.262 e. The summed E-state index contributed by atoms with van der Waals surface area (Å²) in [5.41, 5.74) is 3.15. The van der Waals surface area contributed by atoms with Gasteiger partial charge in [-0.25, -0.2) is 4.98 Å². The topological polar surface area (TPSA) is 67.8 Å². The fourth-order valence-corrected chi connectivity index (χ4v) is 4.41. The van der Waals surface area contributed by atoms with Gasteiger partial charge in [-0.15, -0.1) is 0 Å². The van der Waals surface area contributed by atoms with Crippen LogP contribution in [-0.2, 0) is 6.54 Å². The van der Waals surface area contributed by atoms with E-state index in [-0.39, 0.29) is 17.1 Å². The number of rotatable bonds is 6. The highest BCUT2D eigenvalue weighted by Gasteiger charge is 2.18. The molecule has 0 spiro atoms. The molecule has 6 heteroatoms. The van der Waals surface area contributed by atoms with Gasteiger partial charge in [0.05, 0.1) is 16.7 Å². The average molecular weight is 391 g/mol. The zero-order valence-corrected chi connectivity index (χ0v) is 16.7. The number of aromatic nitrogens is 3. The zero-order valence-electron chi connectivity index (χ0n) is 15.9. The molecule has 0 amide bonds. The molecule has 0 radical (unpaired) electrons. The largest absolute Gasteiger partial charge is 0.358 e. The van der Waals surface area contributed by atoms with Gasteiger partial charge in [-0.1, -0.05) is 49.0 Å². The van der Waals surface area contributed by atoms with E-state index < -0.39 is 0 Å². The fourth-order valence-electron chi connectivity index (χ4n) is 3.52. The van der Waals surface area contributed by atoms with Crippen molar-refractivity contribution in [2.75, 3.05) is 5.75 Å². The summed E-state index contributed by atoms with van der Waals surface area (Å²) in [6, 6.07) is 15.2. The summed E-state index contributed by atoms with van der Waals surface area (Å²) in [6.45, 7) is 4.52. The van der Waals surface area contributed by atoms with Crippen molar-refractivity contribution in [3.05, 3.63) is 70.1 Å². The molecule has 4 aromatic rings. The van der Waals surface area contributed by atoms with Crippen LogP contribution in [0.15, 0.2) is 58.5 Å². The molecule has 5 nitrogen and oxygen atoms in total. The number of aromatic amines is 1. The molecular weight excluding hydrogens is 370 g/mol. The summed E-state index contributed by atoms with van der Waals surface area (Å²) in [7, 11) is 0. The van der Waals surface area contributed by atoms with Crippen molar-refractivity contribution in [3.8, 4) is 0 Å². The molecule has 0 saturated heterocycles. The van der Waals surface area contributed by atoms with Crippen LogP contribution in [0, 0.1) is 6.92 Å². The van der Waals surface area contributed by atoms with Gasteiger partial charge in [-0.05, 0) is 31.5 Å². The van der Waals surface area contributed by atoms with Gasteiger partial charge in [0, 0.05) is 28.7 Å². The molecule has 1 N–H and O–H groups in total. The number of aryl methyl sites for hydroxylation is 1. The second-order valence-corrected chi connectivity index (χ2v) is 7.69. The van der Waals surface area contributed by atoms with Gasteiger partial charge in [0.2, 0.25) is 0 Å². The number of H-pyrrole nitrogens is 1. The van der Waals surface area contributed by atoms with Crippen LogP contribution in [0.5, 0.6) is 0 Å². The Hall–Kier alpha value is -2.86. The zero-order chi connectivity index (χ0) is 19.7. The van der Waals surface area contributed by atoms with Crippen LogP contribution in [0.2, 0.25) is 0 Å². The minimum absolute atomic E-state index is 0.0328. The second-order valence-electron chi connectivity index (χ2n) is 6.75. The Balaban J connectivity index is 1.68. The average Bonchev–Trinajstić information content (AvgIpc) is 3.04. The number of thioether (sulfide) groups is 1. The van der Waals surface area contributed by atoms with E-state index in [0.717, 1.165) is 23.0 Å². The second kappa shape index (κ2) is 7.64. The quantitative estimate of drug-likeness (QED) is 0.297. The standard InChI is InChI=1S/C22H21N3O2S/c1-3-12-25-21(27)16-9-5-7-11-18(16)24-22(25)28-13-19(26)20-14(2)23-17-10-6-4-8-15(17)20/h4-11,23H,3,12-13H2,1-2H3. The number of nitrogens with one attached hydrogen (secondary N) is 1. The van der Waals surface area contributed by atoms with E-state index in [1.165, 1.54) is 11.8 Å². The molecule has 4 rings (SSSR count). The number of Topliss-reactive ketones (excluding diaryl/α,β-unsaturated/α-hetero) is 1. The van der Waals surface area contributed by atoms with Gasteiger partial charge in [-0.2, -0.15) is 0 Å². The van der Waals surface area contributed by atoms with Gasteiger partial charge in [0.25, 0.3) is 5.56 Å². The van der Waals surface area contributed by atoms with Crippen molar-refractivity contribution in [3.63, 3.8) is 0 Å². The van der Waals surface area contributed by atoms with E-state index in [1.54, 1.807) is 10.6 Å². The lowest BCUT2D eigenvalue weighted by atomic mass is 10.1. The highest BCUT2D eigenvalue weighted by molar-refractivity contribution is 7.99. The smallest absolute Gasteiger partial charge is 0.262 e. The van der Waals surface area contributed by atoms with Gasteiger partial charge in [0.1, 0.15) is 0 Å². The van der Waals surface area contributed by atoms with E-state index in [4.69, 9.17) is 0 Å². The molecule has 0 aliphatic carbocycles. The SMILES string of the molecule is CCCn1c(SCC(=O)c2c(C)[nH]c3ccccc23)nc2ccccc2c1=O. The number of ketones is 1. The molecule has 0 atom stereocenters.